The number of ketones is 2. The Balaban J connectivity index is 1.65. The number of esters is 1. The molecule has 0 N–H and O–H groups in total. The number of anilines is 1. The Bertz CT molecular complexity index is 1020. The van der Waals surface area contributed by atoms with Crippen LogP contribution in [0.1, 0.15) is 45.1 Å². The lowest BCUT2D eigenvalue weighted by Crippen LogP contribution is -2.36. The summed E-state index contributed by atoms with van der Waals surface area (Å²) < 4.78 is 12.3. The van der Waals surface area contributed by atoms with Gasteiger partial charge in [0.25, 0.3) is 11.7 Å². The van der Waals surface area contributed by atoms with Gasteiger partial charge in [0.05, 0.1) is 23.9 Å². The zero-order chi connectivity index (χ0) is 22.0. The van der Waals surface area contributed by atoms with Gasteiger partial charge in [-0.1, -0.05) is 12.1 Å². The Labute approximate surface area is 174 Å². The van der Waals surface area contributed by atoms with Gasteiger partial charge < -0.3 is 14.0 Å². The van der Waals surface area contributed by atoms with E-state index in [0.29, 0.717) is 17.9 Å². The lowest BCUT2D eigenvalue weighted by molar-refractivity contribution is -0.141. The summed E-state index contributed by atoms with van der Waals surface area (Å²) in [5.41, 5.74) is 2.77. The molecular weight excluding hydrogens is 388 g/mol. The van der Waals surface area contributed by atoms with E-state index in [0.717, 1.165) is 16.3 Å². The third kappa shape index (κ3) is 3.91. The van der Waals surface area contributed by atoms with Crippen LogP contribution >= 0.6 is 0 Å². The number of fused-ring (bicyclic) bond motifs is 1. The Kier molecular flexibility index (Phi) is 6.17. The average molecular weight is 412 g/mol. The van der Waals surface area contributed by atoms with Gasteiger partial charge in [0.15, 0.2) is 6.61 Å². The third-order valence-corrected chi connectivity index (χ3v) is 5.16. The maximum absolute atomic E-state index is 12.6. The highest BCUT2D eigenvalue weighted by molar-refractivity contribution is 6.52. The first kappa shape index (κ1) is 21.4. The van der Waals surface area contributed by atoms with Crippen LogP contribution in [0.3, 0.4) is 0 Å². The highest BCUT2D eigenvalue weighted by atomic mass is 16.5. The van der Waals surface area contributed by atoms with Crippen molar-refractivity contribution in [1.82, 2.24) is 4.57 Å². The molecule has 0 fully saturated rings. The number of hydrogen-bond donors (Lipinski definition) is 0. The van der Waals surface area contributed by atoms with Gasteiger partial charge in [-0.3, -0.25) is 24.1 Å². The van der Waals surface area contributed by atoms with Crippen LogP contribution in [0.25, 0.3) is 0 Å². The molecule has 1 aromatic carbocycles. The molecule has 0 unspecified atom stereocenters. The minimum absolute atomic E-state index is 0.0536. The summed E-state index contributed by atoms with van der Waals surface area (Å²) in [4.78, 5) is 50.1. The number of hydrogen-bond acceptors (Lipinski definition) is 6. The molecule has 0 saturated carbocycles. The van der Waals surface area contributed by atoms with E-state index in [2.05, 4.69) is 0 Å². The first-order chi connectivity index (χ1) is 14.3. The molecule has 2 heterocycles. The molecule has 0 bridgehead atoms. The topological polar surface area (TPSA) is 94.9 Å². The third-order valence-electron chi connectivity index (χ3n) is 5.16. The number of aromatic nitrogens is 1. The second-order valence-electron chi connectivity index (χ2n) is 7.28. The quantitative estimate of drug-likeness (QED) is 0.375. The molecule has 158 valence electrons. The predicted octanol–water partition coefficient (Wildman–Crippen LogP) is 2.27. The maximum atomic E-state index is 12.6. The van der Waals surface area contributed by atoms with Gasteiger partial charge in [0, 0.05) is 24.1 Å². The minimum Gasteiger partial charge on any atom is -0.456 e. The van der Waals surface area contributed by atoms with Crippen LogP contribution in [0, 0.1) is 13.8 Å². The van der Waals surface area contributed by atoms with Crippen LogP contribution in [0.2, 0.25) is 0 Å². The second-order valence-corrected chi connectivity index (χ2v) is 7.28. The van der Waals surface area contributed by atoms with E-state index >= 15 is 0 Å². The van der Waals surface area contributed by atoms with Crippen molar-refractivity contribution in [1.29, 1.82) is 0 Å². The number of nitrogens with zero attached hydrogens (tertiary/aromatic N) is 2. The van der Waals surface area contributed by atoms with E-state index in [9.17, 15) is 19.2 Å². The van der Waals surface area contributed by atoms with E-state index in [1.807, 2.05) is 25.3 Å². The van der Waals surface area contributed by atoms with Crippen molar-refractivity contribution in [3.8, 4) is 0 Å². The summed E-state index contributed by atoms with van der Waals surface area (Å²) in [5, 5.41) is 0. The van der Waals surface area contributed by atoms with Crippen molar-refractivity contribution < 1.29 is 28.7 Å². The summed E-state index contributed by atoms with van der Waals surface area (Å²) in [5.74, 6) is -2.54. The molecule has 1 aromatic heterocycles. The normalized spacial score (nSPS) is 14.1. The SMILES string of the molecule is COC[C@@H](C)n1c(C)cc(C(=O)COC(=O)CN2C(=O)C(=O)c3ccccc32)c1C. The summed E-state index contributed by atoms with van der Waals surface area (Å²) >= 11 is 0. The van der Waals surface area contributed by atoms with Gasteiger partial charge in [-0.2, -0.15) is 0 Å². The van der Waals surface area contributed by atoms with Gasteiger partial charge >= 0.3 is 5.97 Å². The number of amides is 1. The molecule has 8 nitrogen and oxygen atoms in total. The largest absolute Gasteiger partial charge is 0.456 e. The predicted molar refractivity (Wildman–Crippen MR) is 109 cm³/mol. The fourth-order valence-electron chi connectivity index (χ4n) is 3.86. The van der Waals surface area contributed by atoms with E-state index in [1.54, 1.807) is 31.4 Å². The molecule has 0 aliphatic carbocycles. The van der Waals surface area contributed by atoms with Crippen molar-refractivity contribution in [3.05, 3.63) is 52.8 Å². The van der Waals surface area contributed by atoms with Gasteiger partial charge in [0.2, 0.25) is 5.78 Å². The van der Waals surface area contributed by atoms with Crippen molar-refractivity contribution in [2.75, 3.05) is 31.8 Å². The molecule has 0 radical (unpaired) electrons. The molecule has 3 rings (SSSR count). The van der Waals surface area contributed by atoms with Crippen LogP contribution in [0.15, 0.2) is 30.3 Å². The molecule has 1 atom stereocenters. The molecule has 1 aliphatic rings. The zero-order valence-corrected chi connectivity index (χ0v) is 17.4. The van der Waals surface area contributed by atoms with Gasteiger partial charge in [-0.05, 0) is 39.0 Å². The molecule has 30 heavy (non-hydrogen) atoms. The van der Waals surface area contributed by atoms with Gasteiger partial charge in [-0.15, -0.1) is 0 Å². The van der Waals surface area contributed by atoms with E-state index in [1.165, 1.54) is 6.07 Å². The van der Waals surface area contributed by atoms with Crippen LogP contribution < -0.4 is 4.90 Å². The van der Waals surface area contributed by atoms with E-state index in [4.69, 9.17) is 9.47 Å². The Morgan fingerprint density at radius 2 is 1.83 bits per heavy atom. The smallest absolute Gasteiger partial charge is 0.326 e. The number of methoxy groups -OCH3 is 1. The summed E-state index contributed by atoms with van der Waals surface area (Å²) in [6.07, 6.45) is 0. The second kappa shape index (κ2) is 8.62. The molecule has 0 spiro atoms. The highest BCUT2D eigenvalue weighted by Gasteiger charge is 2.36. The van der Waals surface area contributed by atoms with E-state index < -0.39 is 30.8 Å². The monoisotopic (exact) mass is 412 g/mol. The standard InChI is InChI=1S/C22H24N2O6/c1-13-9-17(15(3)24(13)14(2)11-29-4)19(25)12-30-20(26)10-23-18-8-6-5-7-16(18)21(27)22(23)28/h5-9,14H,10-12H2,1-4H3/t14-/m1/s1. The van der Waals surface area contributed by atoms with E-state index in [-0.39, 0.29) is 17.4 Å². The number of ether oxygens (including phenoxy) is 2. The number of carbonyl (C=O) groups is 4. The van der Waals surface area contributed by atoms with Crippen molar-refractivity contribution in [2.24, 2.45) is 0 Å². The minimum atomic E-state index is -0.782. The Morgan fingerprint density at radius 1 is 1.13 bits per heavy atom. The maximum Gasteiger partial charge on any atom is 0.326 e. The fraction of sp³-hybridized carbons (Fsp3) is 0.364. The molecule has 1 amide bonds. The summed E-state index contributed by atoms with van der Waals surface area (Å²) in [6.45, 7) is 5.35. The van der Waals surface area contributed by atoms with Crippen LogP contribution in [-0.4, -0.2) is 54.9 Å². The lowest BCUT2D eigenvalue weighted by Gasteiger charge is -2.17. The summed E-state index contributed by atoms with van der Waals surface area (Å²) in [6, 6.07) is 8.26. The highest BCUT2D eigenvalue weighted by Crippen LogP contribution is 2.28. The van der Waals surface area contributed by atoms with Crippen LogP contribution in [-0.2, 0) is 19.1 Å². The first-order valence-electron chi connectivity index (χ1n) is 9.57. The lowest BCUT2D eigenvalue weighted by atomic mass is 10.1. The number of Topliss-reactive ketones (excluding diaryl/α,β-unsaturated/α-hetero) is 2. The van der Waals surface area contributed by atoms with Crippen molar-refractivity contribution >= 4 is 29.1 Å². The number of aryl methyl sites for hydroxylation is 1. The Hall–Kier alpha value is -3.26. The number of para-hydroxylation sites is 1. The Morgan fingerprint density at radius 3 is 2.53 bits per heavy atom. The number of rotatable bonds is 8. The number of benzene rings is 1. The molecule has 0 saturated heterocycles. The zero-order valence-electron chi connectivity index (χ0n) is 17.4. The molecule has 8 heteroatoms. The number of carbonyl (C=O) groups excluding carboxylic acids is 4. The van der Waals surface area contributed by atoms with Crippen molar-refractivity contribution in [3.63, 3.8) is 0 Å². The fourth-order valence-corrected chi connectivity index (χ4v) is 3.86. The molecule has 2 aromatic rings. The van der Waals surface area contributed by atoms with Crippen LogP contribution in [0.5, 0.6) is 0 Å². The first-order valence-corrected chi connectivity index (χ1v) is 9.57. The molecule has 1 aliphatic heterocycles. The average Bonchev–Trinajstić information content (AvgIpc) is 3.15. The summed E-state index contributed by atoms with van der Waals surface area (Å²) in [7, 11) is 1.62. The van der Waals surface area contributed by atoms with Gasteiger partial charge in [0.1, 0.15) is 6.54 Å². The van der Waals surface area contributed by atoms with Gasteiger partial charge in [-0.25, -0.2) is 0 Å². The van der Waals surface area contributed by atoms with Crippen molar-refractivity contribution in [2.45, 2.75) is 26.8 Å². The van der Waals surface area contributed by atoms with Crippen LogP contribution in [0.4, 0.5) is 5.69 Å². The molecular formula is C22H24N2O6.